The van der Waals surface area contributed by atoms with E-state index in [1.165, 1.54) is 0 Å². The van der Waals surface area contributed by atoms with Gasteiger partial charge in [-0.25, -0.2) is 0 Å². The first-order chi connectivity index (χ1) is 9.08. The molecular weight excluding hydrogens is 355 g/mol. The lowest BCUT2D eigenvalue weighted by atomic mass is 10.3. The minimum Gasteiger partial charge on any atom is -0.423 e. The van der Waals surface area contributed by atoms with Gasteiger partial charge in [-0.1, -0.05) is 27.5 Å². The van der Waals surface area contributed by atoms with E-state index in [-0.39, 0.29) is 11.3 Å². The van der Waals surface area contributed by atoms with Crippen LogP contribution in [0, 0.1) is 0 Å². The van der Waals surface area contributed by atoms with E-state index in [9.17, 15) is 0 Å². The Balaban J connectivity index is 2.27. The minimum atomic E-state index is 0.0502. The number of hydrogen-bond donors (Lipinski definition) is 1. The number of rotatable bonds is 4. The fourth-order valence-electron chi connectivity index (χ4n) is 1.27. The lowest BCUT2D eigenvalue weighted by molar-refractivity contribution is 0.440. The normalized spacial score (nSPS) is 10.3. The fourth-order valence-corrected chi connectivity index (χ4v) is 2.14. The summed E-state index contributed by atoms with van der Waals surface area (Å²) in [6.07, 6.45) is 0. The van der Waals surface area contributed by atoms with Crippen molar-refractivity contribution in [2.75, 3.05) is 11.9 Å². The number of ether oxygens (including phenoxy) is 1. The highest BCUT2D eigenvalue weighted by molar-refractivity contribution is 9.10. The van der Waals surface area contributed by atoms with Gasteiger partial charge in [-0.3, -0.25) is 0 Å². The van der Waals surface area contributed by atoms with Crippen LogP contribution in [0.5, 0.6) is 11.8 Å². The van der Waals surface area contributed by atoms with Gasteiger partial charge in [0.05, 0.1) is 5.02 Å². The highest BCUT2D eigenvalue weighted by Crippen LogP contribution is 2.30. The van der Waals surface area contributed by atoms with Crippen LogP contribution in [0.15, 0.2) is 22.7 Å². The summed E-state index contributed by atoms with van der Waals surface area (Å²) in [6, 6.07) is 5.30. The molecule has 0 atom stereocenters. The summed E-state index contributed by atoms with van der Waals surface area (Å²) < 4.78 is 6.35. The largest absolute Gasteiger partial charge is 0.423 e. The van der Waals surface area contributed by atoms with Crippen LogP contribution in [-0.4, -0.2) is 21.5 Å². The predicted molar refractivity (Wildman–Crippen MR) is 78.2 cm³/mol. The van der Waals surface area contributed by atoms with Gasteiger partial charge < -0.3 is 10.1 Å². The minimum absolute atomic E-state index is 0.0502. The molecular formula is C11H9BrCl2N4O. The Bertz CT molecular complexity index is 597. The molecule has 19 heavy (non-hydrogen) atoms. The smallest absolute Gasteiger partial charge is 0.328 e. The lowest BCUT2D eigenvalue weighted by Gasteiger charge is -2.07. The first-order valence-corrected chi connectivity index (χ1v) is 6.91. The second-order valence-electron chi connectivity index (χ2n) is 3.42. The molecule has 0 aliphatic heterocycles. The molecule has 0 amide bonds. The average Bonchev–Trinajstić information content (AvgIpc) is 2.32. The van der Waals surface area contributed by atoms with Crippen molar-refractivity contribution in [3.63, 3.8) is 0 Å². The Kier molecular flexibility index (Phi) is 4.79. The number of halogens is 3. The molecule has 1 aromatic carbocycles. The van der Waals surface area contributed by atoms with Crippen molar-refractivity contribution in [3.8, 4) is 11.8 Å². The van der Waals surface area contributed by atoms with Crippen molar-refractivity contribution < 1.29 is 4.74 Å². The fraction of sp³-hybridized carbons (Fsp3) is 0.182. The maximum absolute atomic E-state index is 6.05. The molecule has 1 heterocycles. The third kappa shape index (κ3) is 3.92. The molecule has 5 nitrogen and oxygen atoms in total. The molecule has 0 saturated carbocycles. The van der Waals surface area contributed by atoms with E-state index in [1.54, 1.807) is 18.2 Å². The first-order valence-electron chi connectivity index (χ1n) is 5.37. The molecule has 1 N–H and O–H groups in total. The Morgan fingerprint density at radius 1 is 1.26 bits per heavy atom. The summed E-state index contributed by atoms with van der Waals surface area (Å²) in [7, 11) is 0. The molecule has 2 aromatic rings. The monoisotopic (exact) mass is 362 g/mol. The Labute approximate surface area is 128 Å². The number of aromatic nitrogens is 3. The van der Waals surface area contributed by atoms with Crippen LogP contribution >= 0.6 is 39.1 Å². The summed E-state index contributed by atoms with van der Waals surface area (Å²) in [4.78, 5) is 11.9. The highest BCUT2D eigenvalue weighted by Gasteiger charge is 2.09. The number of nitrogens with zero attached hydrogens (tertiary/aromatic N) is 3. The highest BCUT2D eigenvalue weighted by atomic mass is 79.9. The summed E-state index contributed by atoms with van der Waals surface area (Å²) in [6.45, 7) is 2.59. The third-order valence-corrected chi connectivity index (χ3v) is 2.98. The summed E-state index contributed by atoms with van der Waals surface area (Å²) in [5.41, 5.74) is 0. The molecule has 2 rings (SSSR count). The van der Waals surface area contributed by atoms with E-state index in [0.717, 1.165) is 4.47 Å². The average molecular weight is 364 g/mol. The number of nitrogens with one attached hydrogen (secondary N) is 1. The zero-order valence-corrected chi connectivity index (χ0v) is 12.9. The third-order valence-electron chi connectivity index (χ3n) is 2.02. The Hall–Kier alpha value is -1.11. The van der Waals surface area contributed by atoms with Crippen LogP contribution in [0.2, 0.25) is 10.3 Å². The second-order valence-corrected chi connectivity index (χ2v) is 5.08. The molecule has 0 unspecified atom stereocenters. The van der Waals surface area contributed by atoms with Crippen molar-refractivity contribution in [3.05, 3.63) is 33.0 Å². The summed E-state index contributed by atoms with van der Waals surface area (Å²) in [5.74, 6) is 0.792. The molecule has 0 fully saturated rings. The van der Waals surface area contributed by atoms with Gasteiger partial charge in [0.25, 0.3) is 0 Å². The van der Waals surface area contributed by atoms with Crippen LogP contribution in [0.4, 0.5) is 5.95 Å². The predicted octanol–water partition coefficient (Wildman–Crippen LogP) is 4.17. The molecule has 0 aliphatic carbocycles. The Morgan fingerprint density at radius 2 is 2.05 bits per heavy atom. The molecule has 0 bridgehead atoms. The number of anilines is 1. The number of benzene rings is 1. The van der Waals surface area contributed by atoms with Gasteiger partial charge in [0, 0.05) is 11.0 Å². The van der Waals surface area contributed by atoms with E-state index >= 15 is 0 Å². The van der Waals surface area contributed by atoms with Gasteiger partial charge in [0.15, 0.2) is 0 Å². The standard InChI is InChI=1S/C11H9BrCl2N4O/c1-2-15-10-16-9(14)17-11(18-10)19-8-4-3-6(12)5-7(8)13/h3-5H,2H2,1H3,(H,15,16,17,18). The van der Waals surface area contributed by atoms with E-state index < -0.39 is 0 Å². The van der Waals surface area contributed by atoms with Gasteiger partial charge in [-0.15, -0.1) is 0 Å². The van der Waals surface area contributed by atoms with E-state index in [2.05, 4.69) is 36.2 Å². The summed E-state index contributed by atoms with van der Waals surface area (Å²) in [5, 5.41) is 3.42. The molecule has 0 spiro atoms. The summed E-state index contributed by atoms with van der Waals surface area (Å²) >= 11 is 15.2. The van der Waals surface area contributed by atoms with E-state index in [4.69, 9.17) is 27.9 Å². The van der Waals surface area contributed by atoms with E-state index in [1.807, 2.05) is 6.92 Å². The molecule has 100 valence electrons. The van der Waals surface area contributed by atoms with Crippen LogP contribution in [-0.2, 0) is 0 Å². The molecule has 0 aliphatic rings. The van der Waals surface area contributed by atoms with Crippen LogP contribution in [0.3, 0.4) is 0 Å². The van der Waals surface area contributed by atoms with Crippen molar-refractivity contribution in [2.24, 2.45) is 0 Å². The molecule has 0 radical (unpaired) electrons. The van der Waals surface area contributed by atoms with Crippen molar-refractivity contribution in [1.29, 1.82) is 0 Å². The van der Waals surface area contributed by atoms with Gasteiger partial charge >= 0.3 is 6.01 Å². The van der Waals surface area contributed by atoms with Gasteiger partial charge in [-0.2, -0.15) is 15.0 Å². The molecule has 0 saturated heterocycles. The SMILES string of the molecule is CCNc1nc(Cl)nc(Oc2ccc(Br)cc2Cl)n1. The molecule has 8 heteroatoms. The topological polar surface area (TPSA) is 59.9 Å². The lowest BCUT2D eigenvalue weighted by Crippen LogP contribution is -2.04. The van der Waals surface area contributed by atoms with Gasteiger partial charge in [0.1, 0.15) is 5.75 Å². The quantitative estimate of drug-likeness (QED) is 0.883. The van der Waals surface area contributed by atoms with Crippen molar-refractivity contribution in [2.45, 2.75) is 6.92 Å². The van der Waals surface area contributed by atoms with Crippen molar-refractivity contribution >= 4 is 45.1 Å². The van der Waals surface area contributed by atoms with Crippen LogP contribution < -0.4 is 10.1 Å². The van der Waals surface area contributed by atoms with Crippen LogP contribution in [0.25, 0.3) is 0 Å². The second kappa shape index (κ2) is 6.36. The maximum Gasteiger partial charge on any atom is 0.328 e. The van der Waals surface area contributed by atoms with Gasteiger partial charge in [-0.05, 0) is 36.7 Å². The first kappa shape index (κ1) is 14.3. The van der Waals surface area contributed by atoms with E-state index in [0.29, 0.717) is 23.3 Å². The molecule has 1 aromatic heterocycles. The maximum atomic E-state index is 6.05. The van der Waals surface area contributed by atoms with Crippen LogP contribution in [0.1, 0.15) is 6.92 Å². The zero-order valence-electron chi connectivity index (χ0n) is 9.82. The zero-order chi connectivity index (χ0) is 13.8. The Morgan fingerprint density at radius 3 is 2.74 bits per heavy atom. The van der Waals surface area contributed by atoms with Gasteiger partial charge in [0.2, 0.25) is 11.2 Å². The van der Waals surface area contributed by atoms with Crippen molar-refractivity contribution in [1.82, 2.24) is 15.0 Å². The number of hydrogen-bond acceptors (Lipinski definition) is 5.